The van der Waals surface area contributed by atoms with Gasteiger partial charge in [-0.2, -0.15) is 0 Å². The van der Waals surface area contributed by atoms with Crippen LogP contribution in [0.15, 0.2) is 11.5 Å². The van der Waals surface area contributed by atoms with Gasteiger partial charge in [0, 0.05) is 21.3 Å². The van der Waals surface area contributed by atoms with E-state index in [4.69, 9.17) is 22.8 Å². The first-order valence-electron chi connectivity index (χ1n) is 5.82. The summed E-state index contributed by atoms with van der Waals surface area (Å²) in [6.07, 6.45) is 4.14. The molecule has 0 aromatic carbocycles. The van der Waals surface area contributed by atoms with Crippen molar-refractivity contribution in [3.05, 3.63) is 11.5 Å². The van der Waals surface area contributed by atoms with Gasteiger partial charge in [0.1, 0.15) is 12.7 Å². The lowest BCUT2D eigenvalue weighted by Crippen LogP contribution is -2.46. The molecule has 0 bridgehead atoms. The molecule has 0 aliphatic carbocycles. The van der Waals surface area contributed by atoms with Crippen LogP contribution in [0.5, 0.6) is 0 Å². The Morgan fingerprint density at radius 1 is 1.29 bits per heavy atom. The Morgan fingerprint density at radius 2 is 1.88 bits per heavy atom. The van der Waals surface area contributed by atoms with E-state index in [1.807, 2.05) is 6.08 Å². The molecular formula is C11H22O5Si. The van der Waals surface area contributed by atoms with E-state index >= 15 is 0 Å². The lowest BCUT2D eigenvalue weighted by Gasteiger charge is -2.26. The molecule has 1 fully saturated rings. The van der Waals surface area contributed by atoms with Crippen molar-refractivity contribution in [3.63, 3.8) is 0 Å². The highest BCUT2D eigenvalue weighted by Crippen LogP contribution is 2.22. The van der Waals surface area contributed by atoms with Crippen LogP contribution in [0.25, 0.3) is 0 Å². The number of hydrogen-bond acceptors (Lipinski definition) is 5. The SMILES string of the molecule is CCCC=C(OCC1CO1)[Si](OC)(OC)OC. The van der Waals surface area contributed by atoms with Gasteiger partial charge in [0.15, 0.2) is 5.38 Å². The summed E-state index contributed by atoms with van der Waals surface area (Å²) >= 11 is 0. The average molecular weight is 262 g/mol. The van der Waals surface area contributed by atoms with Crippen LogP contribution in [0.4, 0.5) is 0 Å². The van der Waals surface area contributed by atoms with Gasteiger partial charge in [0.2, 0.25) is 0 Å². The van der Waals surface area contributed by atoms with Crippen LogP contribution >= 0.6 is 0 Å². The van der Waals surface area contributed by atoms with Crippen molar-refractivity contribution < 1.29 is 22.8 Å². The van der Waals surface area contributed by atoms with Crippen molar-refractivity contribution in [2.45, 2.75) is 25.9 Å². The maximum absolute atomic E-state index is 5.73. The van der Waals surface area contributed by atoms with Gasteiger partial charge in [-0.05, 0) is 12.5 Å². The van der Waals surface area contributed by atoms with E-state index in [0.717, 1.165) is 19.4 Å². The molecule has 1 aliphatic heterocycles. The lowest BCUT2D eigenvalue weighted by atomic mass is 10.3. The minimum Gasteiger partial charge on any atom is -0.492 e. The molecule has 100 valence electrons. The Balaban J connectivity index is 2.69. The van der Waals surface area contributed by atoms with E-state index in [0.29, 0.717) is 12.0 Å². The quantitative estimate of drug-likeness (QED) is 0.358. The zero-order valence-corrected chi connectivity index (χ0v) is 12.0. The Morgan fingerprint density at radius 3 is 2.29 bits per heavy atom. The van der Waals surface area contributed by atoms with Gasteiger partial charge in [-0.1, -0.05) is 13.3 Å². The fourth-order valence-corrected chi connectivity index (χ4v) is 3.20. The van der Waals surface area contributed by atoms with Crippen LogP contribution in [0.1, 0.15) is 19.8 Å². The second-order valence-electron chi connectivity index (χ2n) is 3.79. The summed E-state index contributed by atoms with van der Waals surface area (Å²) in [5, 5.41) is 0.683. The monoisotopic (exact) mass is 262 g/mol. The molecule has 1 aliphatic rings. The summed E-state index contributed by atoms with van der Waals surface area (Å²) in [6, 6.07) is 0. The van der Waals surface area contributed by atoms with Crippen molar-refractivity contribution in [1.29, 1.82) is 0 Å². The van der Waals surface area contributed by atoms with Gasteiger partial charge < -0.3 is 22.8 Å². The first kappa shape index (κ1) is 14.7. The molecule has 0 aromatic heterocycles. The molecule has 1 saturated heterocycles. The molecule has 6 heteroatoms. The third kappa shape index (κ3) is 4.08. The summed E-state index contributed by atoms with van der Waals surface area (Å²) < 4.78 is 27.1. The van der Waals surface area contributed by atoms with Crippen LogP contribution in [-0.4, -0.2) is 49.5 Å². The predicted molar refractivity (Wildman–Crippen MR) is 65.5 cm³/mol. The Labute approximate surface area is 104 Å². The highest BCUT2D eigenvalue weighted by atomic mass is 28.4. The largest absolute Gasteiger partial charge is 0.572 e. The zero-order valence-electron chi connectivity index (χ0n) is 11.0. The van der Waals surface area contributed by atoms with Crippen LogP contribution in [0.2, 0.25) is 0 Å². The van der Waals surface area contributed by atoms with Crippen LogP contribution in [0, 0.1) is 0 Å². The molecular weight excluding hydrogens is 240 g/mol. The van der Waals surface area contributed by atoms with Crippen molar-refractivity contribution in [2.24, 2.45) is 0 Å². The summed E-state index contributed by atoms with van der Waals surface area (Å²) in [6.45, 7) is 3.40. The van der Waals surface area contributed by atoms with Crippen molar-refractivity contribution >= 4 is 8.80 Å². The van der Waals surface area contributed by atoms with E-state index in [2.05, 4.69) is 6.92 Å². The normalized spacial score (nSPS) is 20.5. The number of hydrogen-bond donors (Lipinski definition) is 0. The Bertz CT molecular complexity index is 240. The highest BCUT2D eigenvalue weighted by molar-refractivity contribution is 6.68. The second-order valence-corrected chi connectivity index (χ2v) is 6.62. The van der Waals surface area contributed by atoms with Gasteiger partial charge in [-0.3, -0.25) is 0 Å². The summed E-state index contributed by atoms with van der Waals surface area (Å²) in [7, 11) is 1.90. The van der Waals surface area contributed by atoms with Crippen LogP contribution < -0.4 is 0 Å². The lowest BCUT2D eigenvalue weighted by molar-refractivity contribution is 0.0938. The number of epoxide rings is 1. The van der Waals surface area contributed by atoms with Crippen LogP contribution in [-0.2, 0) is 22.8 Å². The topological polar surface area (TPSA) is 49.5 Å². The Kier molecular flexibility index (Phi) is 6.14. The van der Waals surface area contributed by atoms with Crippen molar-refractivity contribution in [1.82, 2.24) is 0 Å². The minimum absolute atomic E-state index is 0.206. The van der Waals surface area contributed by atoms with Crippen LogP contribution in [0.3, 0.4) is 0 Å². The molecule has 1 atom stereocenters. The minimum atomic E-state index is -2.84. The van der Waals surface area contributed by atoms with E-state index in [1.54, 1.807) is 21.3 Å². The highest BCUT2D eigenvalue weighted by Gasteiger charge is 2.46. The standard InChI is InChI=1S/C11H22O5Si/c1-5-6-7-11(16-9-10-8-15-10)17(12-2,13-3)14-4/h7,10H,5-6,8-9H2,1-4H3. The molecule has 0 N–H and O–H groups in total. The first-order chi connectivity index (χ1) is 8.22. The van der Waals surface area contributed by atoms with E-state index < -0.39 is 8.80 Å². The maximum Gasteiger partial charge on any atom is 0.572 e. The summed E-state index contributed by atoms with van der Waals surface area (Å²) in [4.78, 5) is 0. The van der Waals surface area contributed by atoms with Gasteiger partial charge in [-0.25, -0.2) is 0 Å². The van der Waals surface area contributed by atoms with Gasteiger partial charge >= 0.3 is 8.80 Å². The summed E-state index contributed by atoms with van der Waals surface area (Å²) in [5.74, 6) is 0. The molecule has 5 nitrogen and oxygen atoms in total. The number of ether oxygens (including phenoxy) is 2. The number of allylic oxidation sites excluding steroid dienone is 1. The van der Waals surface area contributed by atoms with E-state index in [-0.39, 0.29) is 6.10 Å². The van der Waals surface area contributed by atoms with E-state index in [9.17, 15) is 0 Å². The molecule has 0 radical (unpaired) electrons. The smallest absolute Gasteiger partial charge is 0.492 e. The third-order valence-corrected chi connectivity index (χ3v) is 5.12. The maximum atomic E-state index is 5.73. The fourth-order valence-electron chi connectivity index (χ4n) is 1.45. The Hall–Kier alpha value is -0.403. The van der Waals surface area contributed by atoms with Crippen molar-refractivity contribution in [2.75, 3.05) is 34.5 Å². The molecule has 17 heavy (non-hydrogen) atoms. The second kappa shape index (κ2) is 7.12. The molecule has 0 saturated carbocycles. The van der Waals surface area contributed by atoms with Gasteiger partial charge in [0.05, 0.1) is 6.61 Å². The van der Waals surface area contributed by atoms with E-state index in [1.165, 1.54) is 0 Å². The number of unbranched alkanes of at least 4 members (excludes halogenated alkanes) is 1. The molecule has 1 rings (SSSR count). The zero-order chi connectivity index (χ0) is 12.7. The molecule has 1 heterocycles. The molecule has 0 amide bonds. The first-order valence-corrected chi connectivity index (χ1v) is 7.55. The predicted octanol–water partition coefficient (Wildman–Crippen LogP) is 1.50. The summed E-state index contributed by atoms with van der Waals surface area (Å²) in [5.41, 5.74) is 0. The molecule has 1 unspecified atom stereocenters. The fraction of sp³-hybridized carbons (Fsp3) is 0.818. The van der Waals surface area contributed by atoms with Crippen molar-refractivity contribution in [3.8, 4) is 0 Å². The molecule has 0 aromatic rings. The van der Waals surface area contributed by atoms with Gasteiger partial charge in [0.25, 0.3) is 0 Å². The average Bonchev–Trinajstić information content (AvgIpc) is 3.18. The third-order valence-electron chi connectivity index (χ3n) is 2.55. The number of rotatable bonds is 9. The molecule has 0 spiro atoms. The van der Waals surface area contributed by atoms with Gasteiger partial charge in [-0.15, -0.1) is 0 Å².